The molecule has 2 heterocycles. The number of anilines is 2. The molecule has 0 unspecified atom stereocenters. The van der Waals surface area contributed by atoms with E-state index in [4.69, 9.17) is 0 Å². The first-order valence-electron chi connectivity index (χ1n) is 10.1. The van der Waals surface area contributed by atoms with Crippen LogP contribution in [0.25, 0.3) is 0 Å². The van der Waals surface area contributed by atoms with E-state index in [0.717, 1.165) is 41.8 Å². The second-order valence-corrected chi connectivity index (χ2v) is 7.75. The highest BCUT2D eigenvalue weighted by Crippen LogP contribution is 2.32. The van der Waals surface area contributed by atoms with E-state index in [2.05, 4.69) is 10.2 Å². The Morgan fingerprint density at radius 2 is 1.87 bits per heavy atom. The molecular formula is C22H24N4O4. The van der Waals surface area contributed by atoms with Crippen LogP contribution in [0.2, 0.25) is 0 Å². The van der Waals surface area contributed by atoms with Gasteiger partial charge in [-0.1, -0.05) is 12.1 Å². The predicted octanol–water partition coefficient (Wildman–Crippen LogP) is 3.35. The van der Waals surface area contributed by atoms with E-state index >= 15 is 0 Å². The molecule has 4 rings (SSSR count). The smallest absolute Gasteiger partial charge is 0.282 e. The van der Waals surface area contributed by atoms with Gasteiger partial charge in [0.25, 0.3) is 11.6 Å². The number of hydrogen-bond donors (Lipinski definition) is 1. The zero-order valence-corrected chi connectivity index (χ0v) is 16.9. The number of carbonyl (C=O) groups is 2. The van der Waals surface area contributed by atoms with Crippen molar-refractivity contribution in [1.29, 1.82) is 0 Å². The summed E-state index contributed by atoms with van der Waals surface area (Å²) in [6.07, 6.45) is 2.59. The van der Waals surface area contributed by atoms with Crippen molar-refractivity contribution in [3.63, 3.8) is 0 Å². The first-order valence-corrected chi connectivity index (χ1v) is 10.1. The van der Waals surface area contributed by atoms with Gasteiger partial charge in [-0.2, -0.15) is 0 Å². The number of nitro benzene ring substituents is 1. The number of rotatable bonds is 4. The molecule has 0 radical (unpaired) electrons. The molecule has 0 spiro atoms. The molecule has 1 fully saturated rings. The number of fused-ring (bicyclic) bond motifs is 1. The van der Waals surface area contributed by atoms with Crippen LogP contribution in [0.1, 0.15) is 41.3 Å². The summed E-state index contributed by atoms with van der Waals surface area (Å²) in [5.41, 5.74) is 3.82. The van der Waals surface area contributed by atoms with Crippen LogP contribution in [-0.4, -0.2) is 41.3 Å². The Hall–Kier alpha value is -3.42. The second kappa shape index (κ2) is 8.14. The van der Waals surface area contributed by atoms with Gasteiger partial charge in [0.1, 0.15) is 5.56 Å². The van der Waals surface area contributed by atoms with Gasteiger partial charge in [0.15, 0.2) is 0 Å². The van der Waals surface area contributed by atoms with Crippen LogP contribution in [-0.2, 0) is 17.8 Å². The number of benzene rings is 2. The number of likely N-dealkylation sites (tertiary alicyclic amines) is 1. The van der Waals surface area contributed by atoms with E-state index in [1.165, 1.54) is 13.0 Å². The molecule has 2 aliphatic rings. The highest BCUT2D eigenvalue weighted by Gasteiger charge is 2.28. The van der Waals surface area contributed by atoms with Gasteiger partial charge >= 0.3 is 0 Å². The van der Waals surface area contributed by atoms with Crippen molar-refractivity contribution in [3.8, 4) is 0 Å². The van der Waals surface area contributed by atoms with Gasteiger partial charge in [0, 0.05) is 50.5 Å². The molecule has 2 aromatic rings. The minimum atomic E-state index is -0.488. The van der Waals surface area contributed by atoms with E-state index in [9.17, 15) is 19.7 Å². The number of nitro groups is 1. The molecule has 0 saturated carbocycles. The number of nitrogens with one attached hydrogen (secondary N) is 1. The topological polar surface area (TPSA) is 95.8 Å². The normalized spacial score (nSPS) is 15.6. The quantitative estimate of drug-likeness (QED) is 0.618. The summed E-state index contributed by atoms with van der Waals surface area (Å²) in [6.45, 7) is 4.08. The number of carbonyl (C=O) groups excluding carboxylic acids is 2. The molecule has 8 heteroatoms. The van der Waals surface area contributed by atoms with Crippen LogP contribution in [0.4, 0.5) is 17.1 Å². The lowest BCUT2D eigenvalue weighted by Gasteiger charge is -2.32. The monoisotopic (exact) mass is 408 g/mol. The van der Waals surface area contributed by atoms with Gasteiger partial charge in [-0.15, -0.1) is 0 Å². The molecule has 0 bridgehead atoms. The Bertz CT molecular complexity index is 1010. The average Bonchev–Trinajstić information content (AvgIpc) is 3.27. The van der Waals surface area contributed by atoms with Crippen molar-refractivity contribution in [2.45, 2.75) is 32.7 Å². The number of amides is 2. The fourth-order valence-electron chi connectivity index (χ4n) is 4.28. The Balaban J connectivity index is 1.63. The standard InChI is InChI=1S/C22H24N4O4/c1-15(27)23-20-6-4-5-16-14-25(12-9-18(16)20)17-7-8-21(26(29)30)19(13-17)22(28)24-10-2-3-11-24/h4-8,13H,2-3,9-12,14H2,1H3,(H,23,27). The van der Waals surface area contributed by atoms with Gasteiger partial charge < -0.3 is 15.1 Å². The maximum absolute atomic E-state index is 12.9. The van der Waals surface area contributed by atoms with Crippen LogP contribution in [0.3, 0.4) is 0 Å². The van der Waals surface area contributed by atoms with Crippen LogP contribution in [0, 0.1) is 10.1 Å². The summed E-state index contributed by atoms with van der Waals surface area (Å²) < 4.78 is 0. The Morgan fingerprint density at radius 1 is 1.10 bits per heavy atom. The zero-order valence-electron chi connectivity index (χ0n) is 16.9. The lowest BCUT2D eigenvalue weighted by molar-refractivity contribution is -0.385. The molecule has 2 aromatic carbocycles. The van der Waals surface area contributed by atoms with E-state index in [1.54, 1.807) is 17.0 Å². The van der Waals surface area contributed by atoms with Crippen LogP contribution in [0.5, 0.6) is 0 Å². The van der Waals surface area contributed by atoms with E-state index in [1.807, 2.05) is 18.2 Å². The highest BCUT2D eigenvalue weighted by atomic mass is 16.6. The van der Waals surface area contributed by atoms with Crippen molar-refractivity contribution in [2.24, 2.45) is 0 Å². The molecule has 0 aromatic heterocycles. The van der Waals surface area contributed by atoms with Crippen molar-refractivity contribution < 1.29 is 14.5 Å². The molecule has 8 nitrogen and oxygen atoms in total. The molecular weight excluding hydrogens is 384 g/mol. The fraction of sp³-hybridized carbons (Fsp3) is 0.364. The third-order valence-electron chi connectivity index (χ3n) is 5.74. The number of nitrogens with zero attached hydrogens (tertiary/aromatic N) is 3. The first kappa shape index (κ1) is 19.9. The summed E-state index contributed by atoms with van der Waals surface area (Å²) in [7, 11) is 0. The third-order valence-corrected chi connectivity index (χ3v) is 5.74. The van der Waals surface area contributed by atoms with Crippen LogP contribution < -0.4 is 10.2 Å². The summed E-state index contributed by atoms with van der Waals surface area (Å²) in [5.74, 6) is -0.377. The second-order valence-electron chi connectivity index (χ2n) is 7.75. The summed E-state index contributed by atoms with van der Waals surface area (Å²) in [5, 5.41) is 14.4. The lowest BCUT2D eigenvalue weighted by Crippen LogP contribution is -2.32. The third kappa shape index (κ3) is 3.85. The van der Waals surface area contributed by atoms with E-state index in [0.29, 0.717) is 26.2 Å². The molecule has 156 valence electrons. The van der Waals surface area contributed by atoms with Crippen molar-refractivity contribution in [1.82, 2.24) is 4.90 Å². The Kier molecular flexibility index (Phi) is 5.39. The van der Waals surface area contributed by atoms with Gasteiger partial charge in [-0.3, -0.25) is 19.7 Å². The molecule has 2 aliphatic heterocycles. The van der Waals surface area contributed by atoms with Gasteiger partial charge in [0.05, 0.1) is 4.92 Å². The molecule has 0 atom stereocenters. The molecule has 0 aliphatic carbocycles. The average molecular weight is 408 g/mol. The largest absolute Gasteiger partial charge is 0.367 e. The first-order chi connectivity index (χ1) is 14.4. The predicted molar refractivity (Wildman–Crippen MR) is 114 cm³/mol. The SMILES string of the molecule is CC(=O)Nc1cccc2c1CCN(c1ccc([N+](=O)[O-])c(C(=O)N3CCCC3)c1)C2. The Morgan fingerprint density at radius 3 is 2.57 bits per heavy atom. The molecule has 2 amide bonds. The van der Waals surface area contributed by atoms with Crippen molar-refractivity contribution >= 4 is 28.9 Å². The summed E-state index contributed by atoms with van der Waals surface area (Å²) in [6, 6.07) is 10.6. The molecule has 1 saturated heterocycles. The van der Waals surface area contributed by atoms with E-state index in [-0.39, 0.29) is 23.1 Å². The van der Waals surface area contributed by atoms with Crippen molar-refractivity contribution in [3.05, 3.63) is 63.2 Å². The maximum atomic E-state index is 12.9. The fourth-order valence-corrected chi connectivity index (χ4v) is 4.28. The van der Waals surface area contributed by atoms with Crippen LogP contribution in [0.15, 0.2) is 36.4 Å². The van der Waals surface area contributed by atoms with Crippen LogP contribution >= 0.6 is 0 Å². The maximum Gasteiger partial charge on any atom is 0.282 e. The summed E-state index contributed by atoms with van der Waals surface area (Å²) >= 11 is 0. The zero-order chi connectivity index (χ0) is 21.3. The van der Waals surface area contributed by atoms with Gasteiger partial charge in [-0.05, 0) is 48.6 Å². The van der Waals surface area contributed by atoms with Gasteiger partial charge in [-0.25, -0.2) is 0 Å². The molecule has 1 N–H and O–H groups in total. The lowest BCUT2D eigenvalue weighted by atomic mass is 9.97. The van der Waals surface area contributed by atoms with E-state index < -0.39 is 4.92 Å². The van der Waals surface area contributed by atoms with Gasteiger partial charge in [0.2, 0.25) is 5.91 Å². The molecule has 30 heavy (non-hydrogen) atoms. The minimum absolute atomic E-state index is 0.105. The summed E-state index contributed by atoms with van der Waals surface area (Å²) in [4.78, 5) is 39.2. The Labute approximate surface area is 174 Å². The highest BCUT2D eigenvalue weighted by molar-refractivity contribution is 5.99. The van der Waals surface area contributed by atoms with Crippen molar-refractivity contribution in [2.75, 3.05) is 29.9 Å². The number of hydrogen-bond acceptors (Lipinski definition) is 5. The minimum Gasteiger partial charge on any atom is -0.367 e.